The molecule has 0 aliphatic carbocycles. The second kappa shape index (κ2) is 6.57. The first-order chi connectivity index (χ1) is 11.5. The smallest absolute Gasteiger partial charge is 0.340 e. The van der Waals surface area contributed by atoms with E-state index in [-0.39, 0.29) is 17.4 Å². The third-order valence-electron chi connectivity index (χ3n) is 3.43. The first-order valence-corrected chi connectivity index (χ1v) is 8.20. The Balaban J connectivity index is 2.37. The highest BCUT2D eigenvalue weighted by molar-refractivity contribution is 9.10. The molecule has 0 radical (unpaired) electrons. The number of benzene rings is 1. The molecule has 0 spiro atoms. The van der Waals surface area contributed by atoms with Gasteiger partial charge >= 0.3 is 5.97 Å². The maximum Gasteiger partial charge on any atom is 0.340 e. The first kappa shape index (κ1) is 16.4. The molecule has 3 aromatic rings. The standard InChI is InChI=1S/C18H15BrN2O3/c1-10(2)24-17-15(18(22)23)13-9-20-8-7-14(13)21-16(17)11-3-5-12(19)6-4-11/h3-10H,1-2H3,(H,22,23). The van der Waals surface area contributed by atoms with Gasteiger partial charge in [0, 0.05) is 27.8 Å². The Morgan fingerprint density at radius 1 is 1.21 bits per heavy atom. The van der Waals surface area contributed by atoms with Gasteiger partial charge in [0.05, 0.1) is 11.6 Å². The largest absolute Gasteiger partial charge is 0.488 e. The van der Waals surface area contributed by atoms with Crippen molar-refractivity contribution in [2.24, 2.45) is 0 Å². The van der Waals surface area contributed by atoms with Gasteiger partial charge in [-0.2, -0.15) is 0 Å². The molecule has 0 aliphatic heterocycles. The van der Waals surface area contributed by atoms with Gasteiger partial charge in [0.15, 0.2) is 5.75 Å². The lowest BCUT2D eigenvalue weighted by molar-refractivity contribution is 0.0693. The van der Waals surface area contributed by atoms with Crippen LogP contribution in [0.1, 0.15) is 24.2 Å². The zero-order valence-corrected chi connectivity index (χ0v) is 14.7. The summed E-state index contributed by atoms with van der Waals surface area (Å²) in [6.07, 6.45) is 2.91. The van der Waals surface area contributed by atoms with Gasteiger partial charge in [-0.3, -0.25) is 4.98 Å². The third-order valence-corrected chi connectivity index (χ3v) is 3.96. The molecule has 3 rings (SSSR count). The van der Waals surface area contributed by atoms with Crippen LogP contribution in [-0.2, 0) is 0 Å². The number of hydrogen-bond acceptors (Lipinski definition) is 4. The first-order valence-electron chi connectivity index (χ1n) is 7.41. The number of rotatable bonds is 4. The molecular weight excluding hydrogens is 372 g/mol. The van der Waals surface area contributed by atoms with Crippen molar-refractivity contribution in [2.75, 3.05) is 0 Å². The fourth-order valence-corrected chi connectivity index (χ4v) is 2.72. The van der Waals surface area contributed by atoms with Crippen molar-refractivity contribution in [3.8, 4) is 17.0 Å². The van der Waals surface area contributed by atoms with Crippen molar-refractivity contribution in [1.29, 1.82) is 0 Å². The molecule has 0 unspecified atom stereocenters. The van der Waals surface area contributed by atoms with Gasteiger partial charge < -0.3 is 9.84 Å². The van der Waals surface area contributed by atoms with E-state index < -0.39 is 5.97 Å². The molecule has 0 bridgehead atoms. The van der Waals surface area contributed by atoms with Crippen molar-refractivity contribution in [3.63, 3.8) is 0 Å². The molecule has 1 aromatic carbocycles. The number of pyridine rings is 2. The van der Waals surface area contributed by atoms with Crippen LogP contribution >= 0.6 is 15.9 Å². The van der Waals surface area contributed by atoms with Crippen LogP contribution in [0.5, 0.6) is 5.75 Å². The lowest BCUT2D eigenvalue weighted by atomic mass is 10.0. The lowest BCUT2D eigenvalue weighted by Gasteiger charge is -2.18. The van der Waals surface area contributed by atoms with Crippen molar-refractivity contribution in [1.82, 2.24) is 9.97 Å². The minimum absolute atomic E-state index is 0.0831. The predicted octanol–water partition coefficient (Wildman–Crippen LogP) is 4.54. The van der Waals surface area contributed by atoms with Crippen molar-refractivity contribution >= 4 is 32.8 Å². The Labute approximate surface area is 147 Å². The number of carbonyl (C=O) groups is 1. The Hall–Kier alpha value is -2.47. The van der Waals surface area contributed by atoms with E-state index >= 15 is 0 Å². The van der Waals surface area contributed by atoms with Crippen LogP contribution < -0.4 is 4.74 Å². The van der Waals surface area contributed by atoms with Crippen LogP contribution in [0.2, 0.25) is 0 Å². The number of hydrogen-bond donors (Lipinski definition) is 1. The second-order valence-electron chi connectivity index (χ2n) is 5.54. The van der Waals surface area contributed by atoms with Crippen LogP contribution in [0.4, 0.5) is 0 Å². The van der Waals surface area contributed by atoms with Crippen LogP contribution in [0.25, 0.3) is 22.2 Å². The number of carboxylic acid groups (broad SMARTS) is 1. The number of ether oxygens (including phenoxy) is 1. The van der Waals surface area contributed by atoms with E-state index in [2.05, 4.69) is 25.9 Å². The molecular formula is C18H15BrN2O3. The van der Waals surface area contributed by atoms with E-state index in [1.54, 1.807) is 12.3 Å². The van der Waals surface area contributed by atoms with Gasteiger partial charge in [-0.1, -0.05) is 28.1 Å². The summed E-state index contributed by atoms with van der Waals surface area (Å²) in [6.45, 7) is 3.70. The molecule has 0 amide bonds. The van der Waals surface area contributed by atoms with Gasteiger partial charge in [-0.05, 0) is 32.0 Å². The summed E-state index contributed by atoms with van der Waals surface area (Å²) >= 11 is 3.40. The van der Waals surface area contributed by atoms with Gasteiger partial charge in [0.25, 0.3) is 0 Å². The zero-order chi connectivity index (χ0) is 17.3. The SMILES string of the molecule is CC(C)Oc1c(-c2ccc(Br)cc2)nc2ccncc2c1C(=O)O. The lowest BCUT2D eigenvalue weighted by Crippen LogP contribution is -2.12. The molecule has 0 aliphatic rings. The Kier molecular flexibility index (Phi) is 4.49. The normalized spacial score (nSPS) is 11.0. The minimum atomic E-state index is -1.07. The molecule has 2 aromatic heterocycles. The summed E-state index contributed by atoms with van der Waals surface area (Å²) in [5.74, 6) is -0.801. The summed E-state index contributed by atoms with van der Waals surface area (Å²) in [5, 5.41) is 10.2. The highest BCUT2D eigenvalue weighted by Crippen LogP contribution is 2.37. The van der Waals surface area contributed by atoms with Crippen molar-refractivity contribution < 1.29 is 14.6 Å². The molecule has 122 valence electrons. The molecule has 0 atom stereocenters. The maximum absolute atomic E-state index is 11.9. The quantitative estimate of drug-likeness (QED) is 0.712. The van der Waals surface area contributed by atoms with E-state index in [1.807, 2.05) is 38.1 Å². The number of halogens is 1. The monoisotopic (exact) mass is 386 g/mol. The third kappa shape index (κ3) is 3.10. The van der Waals surface area contributed by atoms with Crippen LogP contribution in [0, 0.1) is 0 Å². The number of nitrogens with zero attached hydrogens (tertiary/aromatic N) is 2. The van der Waals surface area contributed by atoms with Crippen molar-refractivity contribution in [2.45, 2.75) is 20.0 Å². The highest BCUT2D eigenvalue weighted by Gasteiger charge is 2.23. The number of carboxylic acids is 1. The fourth-order valence-electron chi connectivity index (χ4n) is 2.46. The molecule has 5 nitrogen and oxygen atoms in total. The van der Waals surface area contributed by atoms with Crippen LogP contribution in [-0.4, -0.2) is 27.1 Å². The Bertz CT molecular complexity index is 908. The summed E-state index contributed by atoms with van der Waals surface area (Å²) in [7, 11) is 0. The van der Waals surface area contributed by atoms with E-state index in [9.17, 15) is 9.90 Å². The molecule has 6 heteroatoms. The average molecular weight is 387 g/mol. The summed E-state index contributed by atoms with van der Waals surface area (Å²) in [6, 6.07) is 9.21. The fraction of sp³-hybridized carbons (Fsp3) is 0.167. The molecule has 0 fully saturated rings. The predicted molar refractivity (Wildman–Crippen MR) is 95.4 cm³/mol. The number of fused-ring (bicyclic) bond motifs is 1. The maximum atomic E-state index is 11.9. The van der Waals surface area contributed by atoms with E-state index in [0.717, 1.165) is 10.0 Å². The number of aromatic nitrogens is 2. The molecule has 0 saturated carbocycles. The van der Waals surface area contributed by atoms with Crippen molar-refractivity contribution in [3.05, 3.63) is 52.8 Å². The van der Waals surface area contributed by atoms with Gasteiger partial charge in [-0.15, -0.1) is 0 Å². The topological polar surface area (TPSA) is 72.3 Å². The summed E-state index contributed by atoms with van der Waals surface area (Å²) in [4.78, 5) is 20.6. The zero-order valence-electron chi connectivity index (χ0n) is 13.2. The van der Waals surface area contributed by atoms with E-state index in [1.165, 1.54) is 6.20 Å². The van der Waals surface area contributed by atoms with Gasteiger partial charge in [-0.25, -0.2) is 9.78 Å². The highest BCUT2D eigenvalue weighted by atomic mass is 79.9. The Morgan fingerprint density at radius 2 is 1.92 bits per heavy atom. The van der Waals surface area contributed by atoms with Gasteiger partial charge in [0.2, 0.25) is 0 Å². The minimum Gasteiger partial charge on any atom is -0.488 e. The van der Waals surface area contributed by atoms with E-state index in [0.29, 0.717) is 16.6 Å². The number of aromatic carboxylic acids is 1. The summed E-state index contributed by atoms with van der Waals surface area (Å²) < 4.78 is 6.78. The molecule has 0 saturated heterocycles. The summed E-state index contributed by atoms with van der Waals surface area (Å²) in [5.41, 5.74) is 1.94. The molecule has 2 heterocycles. The molecule has 1 N–H and O–H groups in total. The van der Waals surface area contributed by atoms with Gasteiger partial charge in [0.1, 0.15) is 11.3 Å². The molecule has 24 heavy (non-hydrogen) atoms. The van der Waals surface area contributed by atoms with Crippen LogP contribution in [0.15, 0.2) is 47.2 Å². The van der Waals surface area contributed by atoms with E-state index in [4.69, 9.17) is 4.74 Å². The average Bonchev–Trinajstić information content (AvgIpc) is 2.54. The second-order valence-corrected chi connectivity index (χ2v) is 6.45. The van der Waals surface area contributed by atoms with Crippen LogP contribution in [0.3, 0.4) is 0 Å². The Morgan fingerprint density at radius 3 is 2.54 bits per heavy atom.